The van der Waals surface area contributed by atoms with Gasteiger partial charge >= 0.3 is 0 Å². The third-order valence-electron chi connectivity index (χ3n) is 3.22. The molecule has 5 nitrogen and oxygen atoms in total. The van der Waals surface area contributed by atoms with Crippen molar-refractivity contribution in [1.29, 1.82) is 0 Å². The SMILES string of the molecule is Cc1ccc(NC(=O)c2cc(Cl)c3c(c2)OCCCO3)nc1. The molecule has 0 radical (unpaired) electrons. The number of ether oxygens (including phenoxy) is 2. The Morgan fingerprint density at radius 2 is 2.09 bits per heavy atom. The Balaban J connectivity index is 1.85. The standard InChI is InChI=1S/C16H15ClN2O3/c1-10-3-4-14(18-9-10)19-16(20)11-7-12(17)15-13(8-11)21-5-2-6-22-15/h3-4,7-9H,2,5-6H2,1H3,(H,18,19,20). The largest absolute Gasteiger partial charge is 0.489 e. The van der Waals surface area contributed by atoms with Gasteiger partial charge in [-0.15, -0.1) is 0 Å². The summed E-state index contributed by atoms with van der Waals surface area (Å²) in [7, 11) is 0. The number of nitrogens with zero attached hydrogens (tertiary/aromatic N) is 1. The van der Waals surface area contributed by atoms with Gasteiger partial charge in [0.25, 0.3) is 5.91 Å². The van der Waals surface area contributed by atoms with E-state index in [9.17, 15) is 4.79 Å². The second-order valence-electron chi connectivity index (χ2n) is 5.01. The van der Waals surface area contributed by atoms with Crippen LogP contribution in [0.4, 0.5) is 5.82 Å². The topological polar surface area (TPSA) is 60.5 Å². The Hall–Kier alpha value is -2.27. The molecule has 1 aliphatic heterocycles. The van der Waals surface area contributed by atoms with E-state index < -0.39 is 0 Å². The Morgan fingerprint density at radius 3 is 2.86 bits per heavy atom. The van der Waals surface area contributed by atoms with Gasteiger partial charge in [-0.1, -0.05) is 17.7 Å². The smallest absolute Gasteiger partial charge is 0.257 e. The lowest BCUT2D eigenvalue weighted by atomic mass is 10.2. The van der Waals surface area contributed by atoms with Crippen LogP contribution in [-0.2, 0) is 0 Å². The van der Waals surface area contributed by atoms with Crippen molar-refractivity contribution in [2.24, 2.45) is 0 Å². The molecule has 22 heavy (non-hydrogen) atoms. The molecular weight excluding hydrogens is 304 g/mol. The van der Waals surface area contributed by atoms with E-state index >= 15 is 0 Å². The zero-order chi connectivity index (χ0) is 15.5. The number of hydrogen-bond acceptors (Lipinski definition) is 4. The molecule has 0 unspecified atom stereocenters. The number of halogens is 1. The van der Waals surface area contributed by atoms with Crippen LogP contribution >= 0.6 is 11.6 Å². The van der Waals surface area contributed by atoms with E-state index in [4.69, 9.17) is 21.1 Å². The van der Waals surface area contributed by atoms with Crippen molar-refractivity contribution >= 4 is 23.3 Å². The summed E-state index contributed by atoms with van der Waals surface area (Å²) >= 11 is 6.19. The summed E-state index contributed by atoms with van der Waals surface area (Å²) in [4.78, 5) is 16.5. The molecule has 1 N–H and O–H groups in total. The normalized spacial score (nSPS) is 13.4. The summed E-state index contributed by atoms with van der Waals surface area (Å²) in [6, 6.07) is 6.83. The first kappa shape index (κ1) is 14.7. The van der Waals surface area contributed by atoms with Crippen LogP contribution in [0.2, 0.25) is 5.02 Å². The number of pyridine rings is 1. The highest BCUT2D eigenvalue weighted by Crippen LogP contribution is 2.38. The molecule has 6 heteroatoms. The molecule has 2 aromatic rings. The summed E-state index contributed by atoms with van der Waals surface area (Å²) < 4.78 is 11.1. The van der Waals surface area contributed by atoms with E-state index in [1.165, 1.54) is 0 Å². The van der Waals surface area contributed by atoms with Gasteiger partial charge < -0.3 is 14.8 Å². The zero-order valence-electron chi connectivity index (χ0n) is 12.1. The molecule has 0 atom stereocenters. The fourth-order valence-corrected chi connectivity index (χ4v) is 2.36. The molecule has 114 valence electrons. The first-order chi connectivity index (χ1) is 10.6. The number of carbonyl (C=O) groups is 1. The Morgan fingerprint density at radius 1 is 1.27 bits per heavy atom. The van der Waals surface area contributed by atoms with E-state index in [0.717, 1.165) is 12.0 Å². The molecule has 0 fully saturated rings. The van der Waals surface area contributed by atoms with Crippen LogP contribution in [0.1, 0.15) is 22.3 Å². The second-order valence-corrected chi connectivity index (χ2v) is 5.42. The maximum atomic E-state index is 12.3. The predicted molar refractivity (Wildman–Crippen MR) is 84.0 cm³/mol. The summed E-state index contributed by atoms with van der Waals surface area (Å²) in [5.41, 5.74) is 1.42. The van der Waals surface area contributed by atoms with Gasteiger partial charge in [0.1, 0.15) is 5.82 Å². The molecule has 2 heterocycles. The molecular formula is C16H15ClN2O3. The molecule has 0 saturated carbocycles. The molecule has 0 spiro atoms. The lowest BCUT2D eigenvalue weighted by Crippen LogP contribution is -2.13. The van der Waals surface area contributed by atoms with Crippen molar-refractivity contribution in [3.8, 4) is 11.5 Å². The molecule has 1 aliphatic rings. The molecule has 0 bridgehead atoms. The number of aryl methyl sites for hydroxylation is 1. The highest BCUT2D eigenvalue weighted by molar-refractivity contribution is 6.32. The van der Waals surface area contributed by atoms with Crippen molar-refractivity contribution in [2.45, 2.75) is 13.3 Å². The van der Waals surface area contributed by atoms with Gasteiger partial charge in [0, 0.05) is 18.2 Å². The fraction of sp³-hybridized carbons (Fsp3) is 0.250. The van der Waals surface area contributed by atoms with Gasteiger partial charge in [-0.2, -0.15) is 0 Å². The lowest BCUT2D eigenvalue weighted by molar-refractivity contribution is 0.102. The minimum atomic E-state index is -0.297. The molecule has 3 rings (SSSR count). The summed E-state index contributed by atoms with van der Waals surface area (Å²) in [6.07, 6.45) is 2.47. The number of amides is 1. The van der Waals surface area contributed by atoms with Crippen molar-refractivity contribution in [3.05, 3.63) is 46.6 Å². The van der Waals surface area contributed by atoms with Crippen LogP contribution in [0.25, 0.3) is 0 Å². The quantitative estimate of drug-likeness (QED) is 0.921. The van der Waals surface area contributed by atoms with Crippen LogP contribution in [0.15, 0.2) is 30.5 Å². The highest BCUT2D eigenvalue weighted by Gasteiger charge is 2.18. The maximum absolute atomic E-state index is 12.3. The number of rotatable bonds is 2. The number of aromatic nitrogens is 1. The van der Waals surface area contributed by atoms with Crippen LogP contribution in [0.3, 0.4) is 0 Å². The Labute approximate surface area is 133 Å². The van der Waals surface area contributed by atoms with E-state index in [1.807, 2.05) is 13.0 Å². The van der Waals surface area contributed by atoms with Crippen LogP contribution in [0, 0.1) is 6.92 Å². The average molecular weight is 319 g/mol. The number of carbonyl (C=O) groups excluding carboxylic acids is 1. The molecule has 0 aliphatic carbocycles. The lowest BCUT2D eigenvalue weighted by Gasteiger charge is -2.11. The van der Waals surface area contributed by atoms with Gasteiger partial charge in [0.15, 0.2) is 11.5 Å². The van der Waals surface area contributed by atoms with E-state index in [1.54, 1.807) is 24.4 Å². The maximum Gasteiger partial charge on any atom is 0.257 e. The number of anilines is 1. The van der Waals surface area contributed by atoms with Crippen molar-refractivity contribution < 1.29 is 14.3 Å². The third-order valence-corrected chi connectivity index (χ3v) is 3.50. The first-order valence-corrected chi connectivity index (χ1v) is 7.34. The number of hydrogen-bond donors (Lipinski definition) is 1. The van der Waals surface area contributed by atoms with E-state index in [0.29, 0.717) is 41.1 Å². The minimum Gasteiger partial charge on any atom is -0.489 e. The number of nitrogens with one attached hydrogen (secondary N) is 1. The molecule has 1 aromatic heterocycles. The van der Waals surface area contributed by atoms with Gasteiger partial charge in [0.05, 0.1) is 18.2 Å². The van der Waals surface area contributed by atoms with Crippen LogP contribution in [0.5, 0.6) is 11.5 Å². The van der Waals surface area contributed by atoms with Gasteiger partial charge in [-0.05, 0) is 30.7 Å². The van der Waals surface area contributed by atoms with Crippen molar-refractivity contribution in [1.82, 2.24) is 4.98 Å². The molecule has 1 amide bonds. The van der Waals surface area contributed by atoms with Crippen molar-refractivity contribution in [3.63, 3.8) is 0 Å². The first-order valence-electron chi connectivity index (χ1n) is 6.96. The molecule has 0 saturated heterocycles. The fourth-order valence-electron chi connectivity index (χ4n) is 2.09. The highest BCUT2D eigenvalue weighted by atomic mass is 35.5. The van der Waals surface area contributed by atoms with Crippen molar-refractivity contribution in [2.75, 3.05) is 18.5 Å². The van der Waals surface area contributed by atoms with E-state index in [-0.39, 0.29) is 5.91 Å². The van der Waals surface area contributed by atoms with Gasteiger partial charge in [-0.3, -0.25) is 4.79 Å². The average Bonchev–Trinajstić information content (AvgIpc) is 2.75. The van der Waals surface area contributed by atoms with Gasteiger partial charge in [-0.25, -0.2) is 4.98 Å². The van der Waals surface area contributed by atoms with Gasteiger partial charge in [0.2, 0.25) is 0 Å². The van der Waals surface area contributed by atoms with Crippen LogP contribution < -0.4 is 14.8 Å². The predicted octanol–water partition coefficient (Wildman–Crippen LogP) is 3.46. The minimum absolute atomic E-state index is 0.297. The monoisotopic (exact) mass is 318 g/mol. The summed E-state index contributed by atoms with van der Waals surface area (Å²) in [6.45, 7) is 3.02. The van der Waals surface area contributed by atoms with Crippen LogP contribution in [-0.4, -0.2) is 24.1 Å². The number of fused-ring (bicyclic) bond motifs is 1. The summed E-state index contributed by atoms with van der Waals surface area (Å²) in [5, 5.41) is 3.09. The summed E-state index contributed by atoms with van der Waals surface area (Å²) in [5.74, 6) is 1.17. The third kappa shape index (κ3) is 3.14. The number of benzene rings is 1. The Bertz CT molecular complexity index is 701. The molecule has 1 aromatic carbocycles. The zero-order valence-corrected chi connectivity index (χ0v) is 12.8. The Kier molecular flexibility index (Phi) is 4.15. The van der Waals surface area contributed by atoms with E-state index in [2.05, 4.69) is 10.3 Å². The second kappa shape index (κ2) is 6.23.